The number of hydrogen-bond donors (Lipinski definition) is 6. The molecule has 0 saturated carbocycles. The number of hydrogen-bond acceptors (Lipinski definition) is 7. The van der Waals surface area contributed by atoms with E-state index in [9.17, 15) is 24.9 Å². The minimum atomic E-state index is -1.95. The largest absolute Gasteiger partial charge is 0.481 e. The molecule has 0 rings (SSSR count). The number of rotatable bonds is 9. The number of aliphatic hydroxyl groups is 5. The summed E-state index contributed by atoms with van der Waals surface area (Å²) < 4.78 is 0. The molecule has 0 heterocycles. The Balaban J connectivity index is 4.43. The number of carbonyl (C=O) groups is 2. The number of ketones is 1. The van der Waals surface area contributed by atoms with Crippen LogP contribution in [0.4, 0.5) is 0 Å². The van der Waals surface area contributed by atoms with Crippen molar-refractivity contribution in [2.75, 3.05) is 6.61 Å². The molecule has 0 fully saturated rings. The van der Waals surface area contributed by atoms with Crippen molar-refractivity contribution in [3.05, 3.63) is 0 Å². The highest BCUT2D eigenvalue weighted by Crippen LogP contribution is 2.13. The zero-order chi connectivity index (χ0) is 15.2. The van der Waals surface area contributed by atoms with Gasteiger partial charge in [0.25, 0.3) is 0 Å². The molecule has 112 valence electrons. The van der Waals surface area contributed by atoms with Crippen molar-refractivity contribution >= 4 is 11.8 Å². The van der Waals surface area contributed by atoms with Gasteiger partial charge in [0.05, 0.1) is 6.61 Å². The molecule has 4 unspecified atom stereocenters. The topological polar surface area (TPSA) is 156 Å². The second-order valence-electron chi connectivity index (χ2n) is 4.55. The molecule has 8 nitrogen and oxygen atoms in total. The van der Waals surface area contributed by atoms with Crippen molar-refractivity contribution in [2.45, 2.75) is 44.2 Å². The van der Waals surface area contributed by atoms with Crippen molar-refractivity contribution < 1.29 is 40.2 Å². The fraction of sp³-hybridized carbons (Fsp3) is 0.818. The fourth-order valence-electron chi connectivity index (χ4n) is 1.55. The van der Waals surface area contributed by atoms with Crippen LogP contribution in [0.1, 0.15) is 19.8 Å². The Kier molecular flexibility index (Phi) is 7.72. The van der Waals surface area contributed by atoms with Crippen molar-refractivity contribution in [1.82, 2.24) is 0 Å². The van der Waals surface area contributed by atoms with E-state index in [1.54, 1.807) is 0 Å². The summed E-state index contributed by atoms with van der Waals surface area (Å²) in [5, 5.41) is 54.4. The lowest BCUT2D eigenvalue weighted by atomic mass is 9.93. The summed E-state index contributed by atoms with van der Waals surface area (Å²) in [7, 11) is 0. The van der Waals surface area contributed by atoms with Gasteiger partial charge in [0, 0.05) is 12.8 Å². The molecule has 0 aromatic heterocycles. The molecule has 0 radical (unpaired) electrons. The average Bonchev–Trinajstić information content (AvgIpc) is 2.33. The first kappa shape index (κ1) is 17.9. The number of Topliss-reactive ketones (excluding diaryl/α,β-unsaturated/α-hetero) is 1. The van der Waals surface area contributed by atoms with Gasteiger partial charge in [0.1, 0.15) is 24.4 Å². The van der Waals surface area contributed by atoms with Crippen LogP contribution in [0.2, 0.25) is 0 Å². The van der Waals surface area contributed by atoms with E-state index in [-0.39, 0.29) is 12.8 Å². The second kappa shape index (κ2) is 8.18. The third kappa shape index (κ3) is 6.08. The summed E-state index contributed by atoms with van der Waals surface area (Å²) >= 11 is 0. The van der Waals surface area contributed by atoms with Crippen LogP contribution in [0.5, 0.6) is 0 Å². The molecule has 8 heteroatoms. The fourth-order valence-corrected chi connectivity index (χ4v) is 1.55. The Morgan fingerprint density at radius 2 is 1.53 bits per heavy atom. The van der Waals surface area contributed by atoms with Gasteiger partial charge < -0.3 is 30.6 Å². The highest BCUT2D eigenvalue weighted by molar-refractivity contribution is 5.84. The van der Waals surface area contributed by atoms with Crippen molar-refractivity contribution in [1.29, 1.82) is 0 Å². The molecule has 5 atom stereocenters. The van der Waals surface area contributed by atoms with Gasteiger partial charge in [-0.2, -0.15) is 0 Å². The molecule has 0 amide bonds. The van der Waals surface area contributed by atoms with Gasteiger partial charge in [-0.3, -0.25) is 9.59 Å². The number of carboxylic acid groups (broad SMARTS) is 1. The average molecular weight is 280 g/mol. The monoisotopic (exact) mass is 280 g/mol. The smallest absolute Gasteiger partial charge is 0.303 e. The summed E-state index contributed by atoms with van der Waals surface area (Å²) in [6.07, 6.45) is -8.02. The van der Waals surface area contributed by atoms with Crippen LogP contribution in [-0.2, 0) is 9.59 Å². The van der Waals surface area contributed by atoms with Crippen molar-refractivity contribution in [3.63, 3.8) is 0 Å². The van der Waals surface area contributed by atoms with Crippen LogP contribution >= 0.6 is 0 Å². The summed E-state index contributed by atoms with van der Waals surface area (Å²) in [4.78, 5) is 21.9. The van der Waals surface area contributed by atoms with E-state index in [0.717, 1.165) is 0 Å². The maximum atomic E-state index is 11.5. The maximum Gasteiger partial charge on any atom is 0.303 e. The maximum absolute atomic E-state index is 11.5. The zero-order valence-corrected chi connectivity index (χ0v) is 10.5. The van der Waals surface area contributed by atoms with Gasteiger partial charge >= 0.3 is 5.97 Å². The predicted octanol–water partition coefficient (Wildman–Crippen LogP) is -2.51. The van der Waals surface area contributed by atoms with Crippen LogP contribution in [0.15, 0.2) is 0 Å². The van der Waals surface area contributed by atoms with Crippen molar-refractivity contribution in [3.8, 4) is 0 Å². The Bertz CT molecular complexity index is 305. The summed E-state index contributed by atoms with van der Waals surface area (Å²) in [6.45, 7) is 0.651. The Hall–Kier alpha value is -1.06. The summed E-state index contributed by atoms with van der Waals surface area (Å²) in [5.74, 6) is -2.47. The van der Waals surface area contributed by atoms with Crippen LogP contribution in [-0.4, -0.2) is 73.4 Å². The molecule has 0 spiro atoms. The molecule has 0 aromatic carbocycles. The van der Waals surface area contributed by atoms with Crippen LogP contribution in [0.25, 0.3) is 0 Å². The zero-order valence-electron chi connectivity index (χ0n) is 10.5. The molecule has 0 aliphatic rings. The lowest BCUT2D eigenvalue weighted by Crippen LogP contribution is -2.48. The van der Waals surface area contributed by atoms with E-state index in [0.29, 0.717) is 0 Å². The van der Waals surface area contributed by atoms with Gasteiger partial charge in [0.2, 0.25) is 0 Å². The minimum Gasteiger partial charge on any atom is -0.481 e. The highest BCUT2D eigenvalue weighted by Gasteiger charge is 2.34. The lowest BCUT2D eigenvalue weighted by Gasteiger charge is -2.25. The van der Waals surface area contributed by atoms with Gasteiger partial charge in [-0.05, 0) is 5.92 Å². The summed E-state index contributed by atoms with van der Waals surface area (Å²) in [6, 6.07) is 0. The van der Waals surface area contributed by atoms with Crippen LogP contribution < -0.4 is 0 Å². The number of carboxylic acids is 1. The third-order valence-electron chi connectivity index (χ3n) is 2.66. The Morgan fingerprint density at radius 3 is 1.95 bits per heavy atom. The number of aliphatic carboxylic acids is 1. The quantitative estimate of drug-likeness (QED) is 0.270. The molecule has 0 aliphatic carbocycles. The molecule has 0 aliphatic heterocycles. The van der Waals surface area contributed by atoms with Crippen LogP contribution in [0.3, 0.4) is 0 Å². The normalized spacial score (nSPS) is 19.3. The highest BCUT2D eigenvalue weighted by atomic mass is 16.4. The van der Waals surface area contributed by atoms with E-state index < -0.39 is 48.7 Å². The minimum absolute atomic E-state index is 0.267. The van der Waals surface area contributed by atoms with E-state index in [4.69, 9.17) is 15.3 Å². The molecule has 19 heavy (non-hydrogen) atoms. The first-order valence-electron chi connectivity index (χ1n) is 5.78. The standard InChI is InChI=1S/C11H20O8/c1-5(3-8(15)16)2-6(13)9(17)11(19)10(18)7(14)4-12/h5,7,9-12,14,17-19H,2-4H2,1H3,(H,15,16)/t5-,7?,9?,10?,11?/m0/s1. The first-order chi connectivity index (χ1) is 8.70. The molecular weight excluding hydrogens is 260 g/mol. The van der Waals surface area contributed by atoms with E-state index in [1.165, 1.54) is 6.92 Å². The summed E-state index contributed by atoms with van der Waals surface area (Å²) in [5.41, 5.74) is 0. The molecule has 0 aromatic rings. The second-order valence-corrected chi connectivity index (χ2v) is 4.55. The molecular formula is C11H20O8. The van der Waals surface area contributed by atoms with E-state index in [2.05, 4.69) is 0 Å². The Morgan fingerprint density at radius 1 is 1.00 bits per heavy atom. The van der Waals surface area contributed by atoms with Gasteiger partial charge in [-0.15, -0.1) is 0 Å². The third-order valence-corrected chi connectivity index (χ3v) is 2.66. The van der Waals surface area contributed by atoms with Crippen LogP contribution in [0, 0.1) is 5.92 Å². The van der Waals surface area contributed by atoms with Gasteiger partial charge in [0.15, 0.2) is 5.78 Å². The van der Waals surface area contributed by atoms with E-state index >= 15 is 0 Å². The number of carbonyl (C=O) groups excluding carboxylic acids is 1. The predicted molar refractivity (Wildman–Crippen MR) is 62.2 cm³/mol. The molecule has 0 bridgehead atoms. The molecule has 0 saturated heterocycles. The Labute approximate surface area is 109 Å². The van der Waals surface area contributed by atoms with Gasteiger partial charge in [-0.25, -0.2) is 0 Å². The first-order valence-corrected chi connectivity index (χ1v) is 5.78. The lowest BCUT2D eigenvalue weighted by molar-refractivity contribution is -0.148. The van der Waals surface area contributed by atoms with Crippen molar-refractivity contribution in [2.24, 2.45) is 5.92 Å². The van der Waals surface area contributed by atoms with E-state index in [1.807, 2.05) is 0 Å². The number of aliphatic hydroxyl groups excluding tert-OH is 5. The SMILES string of the molecule is C[C@H](CC(=O)O)CC(=O)C(O)C(O)C(O)C(O)CO. The van der Waals surface area contributed by atoms with Gasteiger partial charge in [-0.1, -0.05) is 6.92 Å². The molecule has 6 N–H and O–H groups in total.